The van der Waals surface area contributed by atoms with Gasteiger partial charge in [0.05, 0.1) is 0 Å². The Morgan fingerprint density at radius 3 is 2.75 bits per heavy atom. The number of carbonyl (C=O) groups is 1. The third kappa shape index (κ3) is 2.43. The van der Waals surface area contributed by atoms with E-state index in [9.17, 15) is 4.79 Å². The second kappa shape index (κ2) is 5.28. The molecular formula is C16H13IN2O. The second-order valence-corrected chi connectivity index (χ2v) is 5.80. The van der Waals surface area contributed by atoms with Gasteiger partial charge in [-0.2, -0.15) is 0 Å². The van der Waals surface area contributed by atoms with Gasteiger partial charge in [-0.3, -0.25) is 4.79 Å². The first-order valence-electron chi connectivity index (χ1n) is 6.29. The number of para-hydroxylation sites is 1. The molecule has 0 saturated carbocycles. The van der Waals surface area contributed by atoms with Crippen molar-refractivity contribution in [2.75, 3.05) is 5.32 Å². The number of carbonyl (C=O) groups excluding carboxylic acids is 1. The number of hydrogen-bond acceptors (Lipinski definition) is 1. The lowest BCUT2D eigenvalue weighted by atomic mass is 10.2. The van der Waals surface area contributed by atoms with Gasteiger partial charge in [-0.05, 0) is 59.3 Å². The molecule has 0 fully saturated rings. The molecule has 4 heteroatoms. The van der Waals surface area contributed by atoms with Gasteiger partial charge in [0.25, 0.3) is 5.91 Å². The fraction of sp³-hybridized carbons (Fsp3) is 0.0625. The molecule has 20 heavy (non-hydrogen) atoms. The molecule has 0 aliphatic rings. The molecule has 100 valence electrons. The number of anilines is 1. The predicted molar refractivity (Wildman–Crippen MR) is 90.1 cm³/mol. The molecule has 2 aromatic carbocycles. The van der Waals surface area contributed by atoms with E-state index in [-0.39, 0.29) is 5.91 Å². The van der Waals surface area contributed by atoms with Crippen LogP contribution in [0.15, 0.2) is 48.5 Å². The molecule has 1 amide bonds. The van der Waals surface area contributed by atoms with Crippen LogP contribution in [0.2, 0.25) is 0 Å². The first kappa shape index (κ1) is 13.2. The topological polar surface area (TPSA) is 44.9 Å². The molecule has 1 aromatic heterocycles. The van der Waals surface area contributed by atoms with Crippen molar-refractivity contribution < 1.29 is 4.79 Å². The average Bonchev–Trinajstić information content (AvgIpc) is 2.88. The highest BCUT2D eigenvalue weighted by Gasteiger charge is 2.11. The van der Waals surface area contributed by atoms with Crippen molar-refractivity contribution in [2.45, 2.75) is 6.92 Å². The van der Waals surface area contributed by atoms with E-state index in [1.54, 1.807) is 0 Å². The zero-order chi connectivity index (χ0) is 14.1. The maximum Gasteiger partial charge on any atom is 0.272 e. The van der Waals surface area contributed by atoms with E-state index >= 15 is 0 Å². The first-order chi connectivity index (χ1) is 9.65. The van der Waals surface area contributed by atoms with Crippen LogP contribution in [0.25, 0.3) is 10.9 Å². The third-order valence-electron chi connectivity index (χ3n) is 3.29. The van der Waals surface area contributed by atoms with Crippen molar-refractivity contribution in [1.82, 2.24) is 4.98 Å². The average molecular weight is 376 g/mol. The van der Waals surface area contributed by atoms with Crippen molar-refractivity contribution in [3.05, 3.63) is 63.4 Å². The Balaban J connectivity index is 1.91. The summed E-state index contributed by atoms with van der Waals surface area (Å²) < 4.78 is 1.14. The molecule has 3 aromatic rings. The van der Waals surface area contributed by atoms with Crippen LogP contribution in [0.5, 0.6) is 0 Å². The summed E-state index contributed by atoms with van der Waals surface area (Å²) in [6.07, 6.45) is 0. The van der Waals surface area contributed by atoms with Gasteiger partial charge in [-0.25, -0.2) is 0 Å². The van der Waals surface area contributed by atoms with Crippen LogP contribution in [0.1, 0.15) is 16.1 Å². The number of halogens is 1. The Kier molecular flexibility index (Phi) is 3.48. The molecule has 0 unspecified atom stereocenters. The van der Waals surface area contributed by atoms with Gasteiger partial charge in [0.15, 0.2) is 0 Å². The number of H-pyrrole nitrogens is 1. The lowest BCUT2D eigenvalue weighted by Gasteiger charge is -2.08. The first-order valence-corrected chi connectivity index (χ1v) is 7.37. The quantitative estimate of drug-likeness (QED) is 0.643. The Bertz CT molecular complexity index is 759. The zero-order valence-electron chi connectivity index (χ0n) is 10.9. The monoisotopic (exact) mass is 376 g/mol. The molecular weight excluding hydrogens is 363 g/mol. The number of amides is 1. The Labute approximate surface area is 130 Å². The van der Waals surface area contributed by atoms with E-state index in [0.717, 1.165) is 25.7 Å². The number of rotatable bonds is 2. The minimum absolute atomic E-state index is 0.119. The summed E-state index contributed by atoms with van der Waals surface area (Å²) in [7, 11) is 0. The summed E-state index contributed by atoms with van der Waals surface area (Å²) in [4.78, 5) is 15.4. The van der Waals surface area contributed by atoms with Crippen molar-refractivity contribution in [2.24, 2.45) is 0 Å². The van der Waals surface area contributed by atoms with E-state index < -0.39 is 0 Å². The molecule has 0 saturated heterocycles. The predicted octanol–water partition coefficient (Wildman–Crippen LogP) is 4.33. The highest BCUT2D eigenvalue weighted by atomic mass is 127. The van der Waals surface area contributed by atoms with Crippen molar-refractivity contribution in [3.8, 4) is 0 Å². The molecule has 0 bridgehead atoms. The number of benzene rings is 2. The maximum absolute atomic E-state index is 12.3. The van der Waals surface area contributed by atoms with Gasteiger partial charge in [-0.1, -0.05) is 24.3 Å². The van der Waals surface area contributed by atoms with Crippen LogP contribution in [-0.4, -0.2) is 10.9 Å². The minimum Gasteiger partial charge on any atom is -0.351 e. The highest BCUT2D eigenvalue weighted by molar-refractivity contribution is 14.1. The third-order valence-corrected chi connectivity index (χ3v) is 4.46. The van der Waals surface area contributed by atoms with E-state index in [0.29, 0.717) is 5.69 Å². The number of aromatic amines is 1. The van der Waals surface area contributed by atoms with Crippen LogP contribution < -0.4 is 5.32 Å². The lowest BCUT2D eigenvalue weighted by molar-refractivity contribution is 0.102. The fourth-order valence-electron chi connectivity index (χ4n) is 2.13. The van der Waals surface area contributed by atoms with Crippen LogP contribution >= 0.6 is 22.6 Å². The fourth-order valence-corrected chi connectivity index (χ4v) is 2.63. The van der Waals surface area contributed by atoms with Crippen LogP contribution in [0, 0.1) is 10.5 Å². The summed E-state index contributed by atoms with van der Waals surface area (Å²) in [5.41, 5.74) is 3.47. The smallest absolute Gasteiger partial charge is 0.272 e. The van der Waals surface area contributed by atoms with E-state index in [1.807, 2.05) is 55.5 Å². The van der Waals surface area contributed by atoms with Gasteiger partial charge in [0.2, 0.25) is 0 Å². The van der Waals surface area contributed by atoms with Gasteiger partial charge in [0.1, 0.15) is 5.69 Å². The summed E-state index contributed by atoms with van der Waals surface area (Å²) in [6, 6.07) is 15.6. The minimum atomic E-state index is -0.119. The Hall–Kier alpha value is -1.82. The molecule has 0 atom stereocenters. The SMILES string of the molecule is Cc1c(I)cccc1NC(=O)c1cc2ccccc2[nH]1. The molecule has 3 nitrogen and oxygen atoms in total. The number of hydrogen-bond donors (Lipinski definition) is 2. The number of fused-ring (bicyclic) bond motifs is 1. The van der Waals surface area contributed by atoms with Crippen molar-refractivity contribution in [1.29, 1.82) is 0 Å². The molecule has 3 rings (SSSR count). The van der Waals surface area contributed by atoms with Crippen LogP contribution in [0.3, 0.4) is 0 Å². The summed E-state index contributed by atoms with van der Waals surface area (Å²) >= 11 is 2.26. The summed E-state index contributed by atoms with van der Waals surface area (Å²) in [6.45, 7) is 2.00. The molecule has 2 N–H and O–H groups in total. The molecule has 0 aliphatic heterocycles. The standard InChI is InChI=1S/C16H13IN2O/c1-10-12(17)6-4-8-13(10)19-16(20)15-9-11-5-2-3-7-14(11)18-15/h2-9,18H,1H3,(H,19,20). The van der Waals surface area contributed by atoms with Gasteiger partial charge < -0.3 is 10.3 Å². The number of aromatic nitrogens is 1. The number of nitrogens with one attached hydrogen (secondary N) is 2. The van der Waals surface area contributed by atoms with E-state index in [2.05, 4.69) is 32.9 Å². The summed E-state index contributed by atoms with van der Waals surface area (Å²) in [5.74, 6) is -0.119. The highest BCUT2D eigenvalue weighted by Crippen LogP contribution is 2.21. The Morgan fingerprint density at radius 2 is 1.95 bits per heavy atom. The largest absolute Gasteiger partial charge is 0.351 e. The van der Waals surface area contributed by atoms with Crippen LogP contribution in [-0.2, 0) is 0 Å². The van der Waals surface area contributed by atoms with Gasteiger partial charge >= 0.3 is 0 Å². The molecule has 1 heterocycles. The van der Waals surface area contributed by atoms with E-state index in [4.69, 9.17) is 0 Å². The molecule has 0 radical (unpaired) electrons. The zero-order valence-corrected chi connectivity index (χ0v) is 13.1. The van der Waals surface area contributed by atoms with Crippen molar-refractivity contribution >= 4 is 45.1 Å². The van der Waals surface area contributed by atoms with Crippen molar-refractivity contribution in [3.63, 3.8) is 0 Å². The summed E-state index contributed by atoms with van der Waals surface area (Å²) in [5, 5.41) is 3.99. The van der Waals surface area contributed by atoms with Gasteiger partial charge in [-0.15, -0.1) is 0 Å². The van der Waals surface area contributed by atoms with Gasteiger partial charge in [0, 0.05) is 20.2 Å². The lowest BCUT2D eigenvalue weighted by Crippen LogP contribution is -2.13. The molecule has 0 aliphatic carbocycles. The van der Waals surface area contributed by atoms with Crippen LogP contribution in [0.4, 0.5) is 5.69 Å². The second-order valence-electron chi connectivity index (χ2n) is 4.64. The Morgan fingerprint density at radius 1 is 1.15 bits per heavy atom. The van der Waals surface area contributed by atoms with E-state index in [1.165, 1.54) is 0 Å². The molecule has 0 spiro atoms. The normalized spacial score (nSPS) is 10.7. The maximum atomic E-state index is 12.3.